The standard InChI is InChI=1S/C13H21N3O3S2/c1-2-19-9-5-7-16(8-6-9)13-11(12(14)15-20-13)21(17,18)10-3-4-10/h9-10H,2-8H2,1H3,(H2,14,15). The van der Waals surface area contributed by atoms with Gasteiger partial charge in [0, 0.05) is 19.7 Å². The van der Waals surface area contributed by atoms with Crippen molar-refractivity contribution in [3.05, 3.63) is 0 Å². The number of aromatic nitrogens is 1. The van der Waals surface area contributed by atoms with Crippen LogP contribution in [-0.4, -0.2) is 43.8 Å². The van der Waals surface area contributed by atoms with Crippen molar-refractivity contribution in [2.45, 2.75) is 48.9 Å². The van der Waals surface area contributed by atoms with Gasteiger partial charge in [0.1, 0.15) is 9.90 Å². The molecule has 6 nitrogen and oxygen atoms in total. The summed E-state index contributed by atoms with van der Waals surface area (Å²) < 4.78 is 34.8. The highest BCUT2D eigenvalue weighted by Crippen LogP contribution is 2.43. The molecule has 1 aliphatic heterocycles. The first-order chi connectivity index (χ1) is 10.0. The average Bonchev–Trinajstić information content (AvgIpc) is 3.24. The van der Waals surface area contributed by atoms with Gasteiger partial charge in [-0.1, -0.05) is 0 Å². The number of piperidine rings is 1. The Labute approximate surface area is 129 Å². The molecular formula is C13H21N3O3S2. The molecule has 0 amide bonds. The number of ether oxygens (including phenoxy) is 1. The highest BCUT2D eigenvalue weighted by Gasteiger charge is 2.41. The molecular weight excluding hydrogens is 310 g/mol. The maximum Gasteiger partial charge on any atom is 0.187 e. The molecule has 0 aromatic carbocycles. The van der Waals surface area contributed by atoms with Gasteiger partial charge in [-0.05, 0) is 44.1 Å². The summed E-state index contributed by atoms with van der Waals surface area (Å²) in [5, 5.41) is 0.463. The van der Waals surface area contributed by atoms with Gasteiger partial charge in [0.2, 0.25) is 0 Å². The molecule has 1 aromatic heterocycles. The fourth-order valence-corrected chi connectivity index (χ4v) is 5.84. The van der Waals surface area contributed by atoms with Crippen molar-refractivity contribution >= 4 is 32.2 Å². The molecule has 118 valence electrons. The topological polar surface area (TPSA) is 85.5 Å². The molecule has 21 heavy (non-hydrogen) atoms. The van der Waals surface area contributed by atoms with Gasteiger partial charge in [0.15, 0.2) is 15.7 Å². The number of sulfone groups is 1. The van der Waals surface area contributed by atoms with E-state index in [0.717, 1.165) is 45.4 Å². The molecule has 1 aromatic rings. The van der Waals surface area contributed by atoms with Crippen LogP contribution in [0.15, 0.2) is 4.90 Å². The van der Waals surface area contributed by atoms with Crippen molar-refractivity contribution < 1.29 is 13.2 Å². The minimum Gasteiger partial charge on any atom is -0.382 e. The normalized spacial score (nSPS) is 20.9. The second-order valence-electron chi connectivity index (χ2n) is 5.59. The van der Waals surface area contributed by atoms with Crippen molar-refractivity contribution in [1.82, 2.24) is 4.37 Å². The molecule has 0 bridgehead atoms. The van der Waals surface area contributed by atoms with Crippen molar-refractivity contribution in [2.75, 3.05) is 30.3 Å². The highest BCUT2D eigenvalue weighted by atomic mass is 32.2. The molecule has 1 saturated carbocycles. The van der Waals surface area contributed by atoms with Crippen LogP contribution in [0.1, 0.15) is 32.6 Å². The predicted molar refractivity (Wildman–Crippen MR) is 83.6 cm³/mol. The van der Waals surface area contributed by atoms with Gasteiger partial charge in [-0.25, -0.2) is 8.42 Å². The van der Waals surface area contributed by atoms with Gasteiger partial charge in [-0.3, -0.25) is 0 Å². The molecule has 0 radical (unpaired) electrons. The number of nitrogens with two attached hydrogens (primary N) is 1. The Balaban J connectivity index is 1.81. The van der Waals surface area contributed by atoms with E-state index in [1.54, 1.807) is 0 Å². The minimum absolute atomic E-state index is 0.161. The van der Waals surface area contributed by atoms with Crippen LogP contribution < -0.4 is 10.6 Å². The molecule has 2 aliphatic rings. The Morgan fingerprint density at radius 1 is 1.33 bits per heavy atom. The second kappa shape index (κ2) is 5.73. The third-order valence-corrected chi connectivity index (χ3v) is 7.41. The van der Waals surface area contributed by atoms with Gasteiger partial charge in [0.25, 0.3) is 0 Å². The SMILES string of the molecule is CCOC1CCN(c2snc(N)c2S(=O)(=O)C2CC2)CC1. The Bertz CT molecular complexity index is 602. The van der Waals surface area contributed by atoms with Crippen LogP contribution >= 0.6 is 11.5 Å². The van der Waals surface area contributed by atoms with Crippen LogP contribution in [0.3, 0.4) is 0 Å². The van der Waals surface area contributed by atoms with Gasteiger partial charge >= 0.3 is 0 Å². The maximum absolute atomic E-state index is 12.5. The first-order valence-corrected chi connectivity index (χ1v) is 9.71. The molecule has 0 atom stereocenters. The Kier molecular flexibility index (Phi) is 4.11. The third kappa shape index (κ3) is 2.89. The monoisotopic (exact) mass is 331 g/mol. The van der Waals surface area contributed by atoms with Gasteiger partial charge in [0.05, 0.1) is 11.4 Å². The van der Waals surface area contributed by atoms with E-state index in [-0.39, 0.29) is 22.1 Å². The Hall–Kier alpha value is -0.860. The number of nitrogen functional groups attached to an aromatic ring is 1. The zero-order valence-corrected chi connectivity index (χ0v) is 13.8. The Morgan fingerprint density at radius 2 is 2.00 bits per heavy atom. The predicted octanol–water partition coefficient (Wildman–Crippen LogP) is 1.67. The van der Waals surface area contributed by atoms with E-state index in [2.05, 4.69) is 9.27 Å². The summed E-state index contributed by atoms with van der Waals surface area (Å²) >= 11 is 1.20. The van der Waals surface area contributed by atoms with E-state index in [9.17, 15) is 8.42 Å². The van der Waals surface area contributed by atoms with Crippen LogP contribution in [0.4, 0.5) is 10.8 Å². The van der Waals surface area contributed by atoms with Gasteiger partial charge in [-0.15, -0.1) is 0 Å². The van der Waals surface area contributed by atoms with Crippen LogP contribution in [0, 0.1) is 0 Å². The highest BCUT2D eigenvalue weighted by molar-refractivity contribution is 7.92. The van der Waals surface area contributed by atoms with Gasteiger partial charge in [-0.2, -0.15) is 4.37 Å². The average molecular weight is 331 g/mol. The second-order valence-corrected chi connectivity index (χ2v) is 8.50. The summed E-state index contributed by atoms with van der Waals surface area (Å²) in [6.07, 6.45) is 3.58. The fourth-order valence-electron chi connectivity index (χ4n) is 2.76. The van der Waals surface area contributed by atoms with Crippen LogP contribution in [0.2, 0.25) is 0 Å². The molecule has 8 heteroatoms. The Morgan fingerprint density at radius 3 is 2.57 bits per heavy atom. The summed E-state index contributed by atoms with van der Waals surface area (Å²) in [6, 6.07) is 0. The first-order valence-electron chi connectivity index (χ1n) is 7.39. The van der Waals surface area contributed by atoms with Crippen molar-refractivity contribution in [1.29, 1.82) is 0 Å². The zero-order valence-electron chi connectivity index (χ0n) is 12.1. The molecule has 3 rings (SSSR count). The van der Waals surface area contributed by atoms with E-state index < -0.39 is 9.84 Å². The van der Waals surface area contributed by atoms with Crippen molar-refractivity contribution in [2.24, 2.45) is 0 Å². The molecule has 0 spiro atoms. The summed E-state index contributed by atoms with van der Waals surface area (Å²) in [5.74, 6) is 0.161. The number of hydrogen-bond acceptors (Lipinski definition) is 7. The lowest BCUT2D eigenvalue weighted by Crippen LogP contribution is -2.37. The zero-order chi connectivity index (χ0) is 15.0. The van der Waals surface area contributed by atoms with Gasteiger partial charge < -0.3 is 15.4 Å². The molecule has 0 unspecified atom stereocenters. The van der Waals surface area contributed by atoms with Crippen LogP contribution in [0.5, 0.6) is 0 Å². The maximum atomic E-state index is 12.5. The summed E-state index contributed by atoms with van der Waals surface area (Å²) in [5.41, 5.74) is 5.84. The van der Waals surface area contributed by atoms with Crippen LogP contribution in [-0.2, 0) is 14.6 Å². The van der Waals surface area contributed by atoms with E-state index in [4.69, 9.17) is 10.5 Å². The number of rotatable bonds is 5. The lowest BCUT2D eigenvalue weighted by Gasteiger charge is -2.32. The largest absolute Gasteiger partial charge is 0.382 e. The quantitative estimate of drug-likeness (QED) is 0.883. The third-order valence-electron chi connectivity index (χ3n) is 4.04. The number of anilines is 2. The molecule has 2 heterocycles. The van der Waals surface area contributed by atoms with Crippen molar-refractivity contribution in [3.8, 4) is 0 Å². The fraction of sp³-hybridized carbons (Fsp3) is 0.769. The summed E-state index contributed by atoms with van der Waals surface area (Å²) in [7, 11) is -3.31. The first kappa shape index (κ1) is 15.1. The van der Waals surface area contributed by atoms with E-state index >= 15 is 0 Å². The molecule has 2 N–H and O–H groups in total. The van der Waals surface area contributed by atoms with Crippen molar-refractivity contribution in [3.63, 3.8) is 0 Å². The van der Waals surface area contributed by atoms with E-state index in [1.807, 2.05) is 6.92 Å². The van der Waals surface area contributed by atoms with Crippen LogP contribution in [0.25, 0.3) is 0 Å². The summed E-state index contributed by atoms with van der Waals surface area (Å²) in [4.78, 5) is 2.36. The molecule has 2 fully saturated rings. The lowest BCUT2D eigenvalue weighted by molar-refractivity contribution is 0.0459. The molecule has 1 saturated heterocycles. The smallest absolute Gasteiger partial charge is 0.187 e. The number of nitrogens with zero attached hydrogens (tertiary/aromatic N) is 2. The van der Waals surface area contributed by atoms with E-state index in [0.29, 0.717) is 5.00 Å². The van der Waals surface area contributed by atoms with E-state index in [1.165, 1.54) is 11.5 Å². The molecule has 1 aliphatic carbocycles. The number of hydrogen-bond donors (Lipinski definition) is 1. The lowest BCUT2D eigenvalue weighted by atomic mass is 10.1. The minimum atomic E-state index is -3.31. The summed E-state index contributed by atoms with van der Waals surface area (Å²) in [6.45, 7) is 4.30.